The number of benzene rings is 3. The van der Waals surface area contributed by atoms with Gasteiger partial charge < -0.3 is 0 Å². The third-order valence-corrected chi connectivity index (χ3v) is 7.07. The van der Waals surface area contributed by atoms with Crippen LogP contribution in [0.25, 0.3) is 15.7 Å². The summed E-state index contributed by atoms with van der Waals surface area (Å²) in [4.78, 5) is 3.67. The molecule has 0 fully saturated rings. The molecule has 0 amide bonds. The Bertz CT molecular complexity index is 1350. The largest absolute Gasteiger partial charge is 0.268 e. The third kappa shape index (κ3) is 3.71. The van der Waals surface area contributed by atoms with Gasteiger partial charge in [-0.15, -0.1) is 0 Å². The molecule has 0 radical (unpaired) electrons. The molecule has 4 nitrogen and oxygen atoms in total. The highest BCUT2D eigenvalue weighted by Crippen LogP contribution is 2.30. The third-order valence-electron chi connectivity index (χ3n) is 4.80. The molecule has 144 valence electrons. The van der Waals surface area contributed by atoms with E-state index in [1.165, 1.54) is 3.97 Å². The number of aromatic nitrogens is 1. The molecule has 0 aliphatic rings. The molecule has 6 heteroatoms. The summed E-state index contributed by atoms with van der Waals surface area (Å²) in [6.07, 6.45) is 0.440. The maximum Gasteiger partial charge on any atom is 0.268 e. The Morgan fingerprint density at radius 1 is 0.966 bits per heavy atom. The zero-order chi connectivity index (χ0) is 20.6. The van der Waals surface area contributed by atoms with Crippen LogP contribution < -0.4 is 0 Å². The number of aryl methyl sites for hydroxylation is 1. The lowest BCUT2D eigenvalue weighted by molar-refractivity contribution is 0.587. The first-order chi connectivity index (χ1) is 13.9. The van der Waals surface area contributed by atoms with Crippen molar-refractivity contribution in [3.63, 3.8) is 0 Å². The summed E-state index contributed by atoms with van der Waals surface area (Å²) >= 11 is 3.47. The van der Waals surface area contributed by atoms with Crippen LogP contribution in [0, 0.1) is 13.5 Å². The molecule has 0 saturated carbocycles. The molecule has 1 heterocycles. The van der Waals surface area contributed by atoms with Crippen LogP contribution in [-0.2, 0) is 16.4 Å². The first-order valence-electron chi connectivity index (χ1n) is 8.97. The van der Waals surface area contributed by atoms with Gasteiger partial charge in [-0.05, 0) is 48.9 Å². The van der Waals surface area contributed by atoms with Crippen molar-refractivity contribution in [1.29, 1.82) is 0 Å². The zero-order valence-electron chi connectivity index (χ0n) is 15.6. The second-order valence-electron chi connectivity index (χ2n) is 6.88. The van der Waals surface area contributed by atoms with E-state index in [1.54, 1.807) is 36.4 Å². The van der Waals surface area contributed by atoms with E-state index in [2.05, 4.69) is 20.8 Å². The highest BCUT2D eigenvalue weighted by atomic mass is 79.9. The molecule has 0 aliphatic carbocycles. The minimum atomic E-state index is -3.76. The van der Waals surface area contributed by atoms with Crippen LogP contribution in [0.4, 0.5) is 5.69 Å². The average molecular weight is 465 g/mol. The zero-order valence-corrected chi connectivity index (χ0v) is 18.0. The van der Waals surface area contributed by atoms with E-state index in [1.807, 2.05) is 43.3 Å². The molecule has 0 atom stereocenters. The molecular formula is C23H17BrN2O2S. The Hall–Kier alpha value is -2.88. The van der Waals surface area contributed by atoms with Gasteiger partial charge in [0.05, 0.1) is 17.0 Å². The number of rotatable bonds is 4. The molecule has 29 heavy (non-hydrogen) atoms. The number of nitrogens with zero attached hydrogens (tertiary/aromatic N) is 2. The molecule has 0 aliphatic heterocycles. The molecule has 3 aromatic carbocycles. The van der Waals surface area contributed by atoms with Crippen LogP contribution in [0.3, 0.4) is 0 Å². The second kappa shape index (κ2) is 7.51. The lowest BCUT2D eigenvalue weighted by atomic mass is 10.1. The monoisotopic (exact) mass is 464 g/mol. The molecule has 0 spiro atoms. The van der Waals surface area contributed by atoms with Crippen molar-refractivity contribution in [3.05, 3.63) is 106 Å². The number of hydrogen-bond donors (Lipinski definition) is 0. The maximum absolute atomic E-state index is 13.5. The van der Waals surface area contributed by atoms with Crippen LogP contribution >= 0.6 is 15.9 Å². The first kappa shape index (κ1) is 19.4. The van der Waals surface area contributed by atoms with Gasteiger partial charge in [0.1, 0.15) is 0 Å². The fraction of sp³-hybridized carbons (Fsp3) is 0.0870. The second-order valence-corrected chi connectivity index (χ2v) is 9.58. The van der Waals surface area contributed by atoms with Gasteiger partial charge in [0, 0.05) is 22.0 Å². The van der Waals surface area contributed by atoms with E-state index in [0.29, 0.717) is 23.3 Å². The summed E-state index contributed by atoms with van der Waals surface area (Å²) in [7, 11) is -3.76. The smallest absolute Gasteiger partial charge is 0.238 e. The molecule has 4 aromatic rings. The van der Waals surface area contributed by atoms with E-state index >= 15 is 0 Å². The summed E-state index contributed by atoms with van der Waals surface area (Å²) in [5.74, 6) is 0. The number of halogens is 1. The van der Waals surface area contributed by atoms with E-state index in [-0.39, 0.29) is 4.90 Å². The van der Waals surface area contributed by atoms with Gasteiger partial charge in [0.15, 0.2) is 5.69 Å². The van der Waals surface area contributed by atoms with Gasteiger partial charge in [-0.25, -0.2) is 17.2 Å². The van der Waals surface area contributed by atoms with Crippen molar-refractivity contribution in [2.75, 3.05) is 0 Å². The summed E-state index contributed by atoms with van der Waals surface area (Å²) < 4.78 is 29.4. The highest BCUT2D eigenvalue weighted by molar-refractivity contribution is 9.10. The van der Waals surface area contributed by atoms with Crippen molar-refractivity contribution >= 4 is 42.5 Å². The van der Waals surface area contributed by atoms with Crippen molar-refractivity contribution in [2.45, 2.75) is 18.2 Å². The lowest BCUT2D eigenvalue weighted by Gasteiger charge is -2.13. The van der Waals surface area contributed by atoms with Gasteiger partial charge in [0.25, 0.3) is 10.0 Å². The fourth-order valence-electron chi connectivity index (χ4n) is 3.34. The topological polar surface area (TPSA) is 43.4 Å². The van der Waals surface area contributed by atoms with Gasteiger partial charge >= 0.3 is 0 Å². The normalized spacial score (nSPS) is 11.5. The molecule has 4 rings (SSSR count). The molecule has 1 aromatic heterocycles. The summed E-state index contributed by atoms with van der Waals surface area (Å²) in [5.41, 5.74) is 3.83. The standard InChI is InChI=1S/C23H17BrN2O2S/c1-16-3-10-22(11-4-16)29(27,28)26-21(13-17-5-8-20(25-2)9-6-17)15-18-14-19(24)7-12-23(18)26/h3-12,14-15H,13H2,1H3. The van der Waals surface area contributed by atoms with Gasteiger partial charge in [-0.2, -0.15) is 0 Å². The van der Waals surface area contributed by atoms with Gasteiger partial charge in [-0.3, -0.25) is 0 Å². The van der Waals surface area contributed by atoms with Crippen molar-refractivity contribution in [1.82, 2.24) is 3.97 Å². The minimum absolute atomic E-state index is 0.258. The van der Waals surface area contributed by atoms with Gasteiger partial charge in [-0.1, -0.05) is 57.9 Å². The van der Waals surface area contributed by atoms with Crippen LogP contribution in [-0.4, -0.2) is 12.4 Å². The molecular weight excluding hydrogens is 448 g/mol. The predicted octanol–water partition coefficient (Wildman–Crippen LogP) is 6.09. The average Bonchev–Trinajstić information content (AvgIpc) is 3.06. The Balaban J connectivity index is 1.90. The Morgan fingerprint density at radius 3 is 2.31 bits per heavy atom. The summed E-state index contributed by atoms with van der Waals surface area (Å²) in [6.45, 7) is 9.02. The summed E-state index contributed by atoms with van der Waals surface area (Å²) in [5, 5.41) is 0.850. The van der Waals surface area contributed by atoms with Gasteiger partial charge in [0.2, 0.25) is 0 Å². The Kier molecular flexibility index (Phi) is 5.03. The highest BCUT2D eigenvalue weighted by Gasteiger charge is 2.23. The number of hydrogen-bond acceptors (Lipinski definition) is 2. The van der Waals surface area contributed by atoms with Crippen LogP contribution in [0.5, 0.6) is 0 Å². The van der Waals surface area contributed by atoms with Crippen molar-refractivity contribution in [2.24, 2.45) is 0 Å². The van der Waals surface area contributed by atoms with E-state index in [4.69, 9.17) is 6.57 Å². The van der Waals surface area contributed by atoms with Crippen LogP contribution in [0.1, 0.15) is 16.8 Å². The quantitative estimate of drug-likeness (QED) is 0.343. The van der Waals surface area contributed by atoms with E-state index in [9.17, 15) is 8.42 Å². The summed E-state index contributed by atoms with van der Waals surface area (Å²) in [6, 6.07) is 21.6. The molecule has 0 saturated heterocycles. The molecule has 0 N–H and O–H groups in total. The van der Waals surface area contributed by atoms with Crippen molar-refractivity contribution < 1.29 is 8.42 Å². The van der Waals surface area contributed by atoms with Crippen LogP contribution in [0.15, 0.2) is 82.2 Å². The Morgan fingerprint density at radius 2 is 1.66 bits per heavy atom. The van der Waals surface area contributed by atoms with E-state index < -0.39 is 10.0 Å². The maximum atomic E-state index is 13.5. The lowest BCUT2D eigenvalue weighted by Crippen LogP contribution is -2.16. The number of fused-ring (bicyclic) bond motifs is 1. The Labute approximate surface area is 178 Å². The predicted molar refractivity (Wildman–Crippen MR) is 119 cm³/mol. The first-order valence-corrected chi connectivity index (χ1v) is 11.2. The minimum Gasteiger partial charge on any atom is -0.238 e. The molecule has 0 bridgehead atoms. The molecule has 0 unspecified atom stereocenters. The van der Waals surface area contributed by atoms with Crippen molar-refractivity contribution in [3.8, 4) is 0 Å². The van der Waals surface area contributed by atoms with Crippen LogP contribution in [0.2, 0.25) is 0 Å². The fourth-order valence-corrected chi connectivity index (χ4v) is 5.26. The van der Waals surface area contributed by atoms with E-state index in [0.717, 1.165) is 21.0 Å². The SMILES string of the molecule is [C-]#[N+]c1ccc(Cc2cc3cc(Br)ccc3n2S(=O)(=O)c2ccc(C)cc2)cc1.